The molecule has 2 unspecified atom stereocenters. The van der Waals surface area contributed by atoms with Crippen LogP contribution in [0.15, 0.2) is 28.7 Å². The highest BCUT2D eigenvalue weighted by Crippen LogP contribution is 2.21. The molecule has 0 saturated carbocycles. The molecule has 0 aliphatic carbocycles. The second-order valence-electron chi connectivity index (χ2n) is 5.04. The van der Waals surface area contributed by atoms with Gasteiger partial charge in [-0.2, -0.15) is 0 Å². The lowest BCUT2D eigenvalue weighted by atomic mass is 10.0. The summed E-state index contributed by atoms with van der Waals surface area (Å²) in [5.41, 5.74) is 0.901. The van der Waals surface area contributed by atoms with Gasteiger partial charge in [-0.3, -0.25) is 9.59 Å². The molecule has 1 fully saturated rings. The van der Waals surface area contributed by atoms with Crippen LogP contribution in [0.5, 0.6) is 0 Å². The second kappa shape index (κ2) is 7.04. The average molecular weight is 356 g/mol. The summed E-state index contributed by atoms with van der Waals surface area (Å²) in [6.45, 7) is 2.79. The maximum atomic E-state index is 12.5. The van der Waals surface area contributed by atoms with E-state index in [9.17, 15) is 14.7 Å². The SMILES string of the molecule is CCN(C(=O)Cc1cccc(Br)c1)C1COCC1C(=O)O. The number of carbonyl (C=O) groups is 2. The number of hydrogen-bond acceptors (Lipinski definition) is 3. The molecule has 21 heavy (non-hydrogen) atoms. The highest BCUT2D eigenvalue weighted by Gasteiger charge is 2.39. The van der Waals surface area contributed by atoms with Crippen LogP contribution in [-0.4, -0.2) is 47.7 Å². The van der Waals surface area contributed by atoms with Crippen molar-refractivity contribution in [3.63, 3.8) is 0 Å². The summed E-state index contributed by atoms with van der Waals surface area (Å²) in [6, 6.07) is 7.17. The Morgan fingerprint density at radius 1 is 1.43 bits per heavy atom. The van der Waals surface area contributed by atoms with Gasteiger partial charge in [-0.15, -0.1) is 0 Å². The Kier molecular flexibility index (Phi) is 5.36. The zero-order valence-corrected chi connectivity index (χ0v) is 13.4. The molecule has 1 saturated heterocycles. The molecular formula is C15H18BrNO4. The van der Waals surface area contributed by atoms with E-state index in [-0.39, 0.29) is 31.6 Å². The Balaban J connectivity index is 2.10. The normalized spacial score (nSPS) is 21.2. The first kappa shape index (κ1) is 16.0. The van der Waals surface area contributed by atoms with Crippen molar-refractivity contribution in [2.45, 2.75) is 19.4 Å². The third-order valence-corrected chi connectivity index (χ3v) is 4.17. The van der Waals surface area contributed by atoms with Gasteiger partial charge in [0.1, 0.15) is 5.92 Å². The highest BCUT2D eigenvalue weighted by molar-refractivity contribution is 9.10. The fourth-order valence-electron chi connectivity index (χ4n) is 2.60. The molecule has 0 spiro atoms. The van der Waals surface area contributed by atoms with Crippen LogP contribution in [0.4, 0.5) is 0 Å². The third-order valence-electron chi connectivity index (χ3n) is 3.67. The molecule has 1 aromatic carbocycles. The summed E-state index contributed by atoms with van der Waals surface area (Å²) < 4.78 is 6.17. The number of hydrogen-bond donors (Lipinski definition) is 1. The van der Waals surface area contributed by atoms with Gasteiger partial charge in [-0.25, -0.2) is 0 Å². The molecule has 0 bridgehead atoms. The summed E-state index contributed by atoms with van der Waals surface area (Å²) in [6.07, 6.45) is 0.260. The lowest BCUT2D eigenvalue weighted by molar-refractivity contribution is -0.144. The monoisotopic (exact) mass is 355 g/mol. The van der Waals surface area contributed by atoms with E-state index in [1.165, 1.54) is 0 Å². The zero-order valence-electron chi connectivity index (χ0n) is 11.8. The predicted octanol–water partition coefficient (Wildman–Crippen LogP) is 1.94. The van der Waals surface area contributed by atoms with Crippen LogP contribution in [0.25, 0.3) is 0 Å². The van der Waals surface area contributed by atoms with Gasteiger partial charge >= 0.3 is 5.97 Å². The van der Waals surface area contributed by atoms with Gasteiger partial charge in [0.05, 0.1) is 25.7 Å². The maximum Gasteiger partial charge on any atom is 0.311 e. The lowest BCUT2D eigenvalue weighted by Gasteiger charge is -2.29. The molecule has 1 N–H and O–H groups in total. The standard InChI is InChI=1S/C15H18BrNO4/c1-2-17(13-9-21-8-12(13)15(19)20)14(18)7-10-4-3-5-11(16)6-10/h3-6,12-13H,2,7-9H2,1H3,(H,19,20). The van der Waals surface area contributed by atoms with Crippen molar-refractivity contribution < 1.29 is 19.4 Å². The first-order valence-corrected chi connectivity index (χ1v) is 7.66. The number of halogens is 1. The molecule has 0 radical (unpaired) electrons. The number of carboxylic acid groups (broad SMARTS) is 1. The Hall–Kier alpha value is -1.40. The van der Waals surface area contributed by atoms with E-state index in [1.807, 2.05) is 31.2 Å². The minimum Gasteiger partial charge on any atom is -0.481 e. The Morgan fingerprint density at radius 2 is 2.19 bits per heavy atom. The second-order valence-corrected chi connectivity index (χ2v) is 5.95. The lowest BCUT2D eigenvalue weighted by Crippen LogP contribution is -2.47. The Morgan fingerprint density at radius 3 is 2.81 bits per heavy atom. The molecule has 5 nitrogen and oxygen atoms in total. The average Bonchev–Trinajstić information content (AvgIpc) is 2.89. The number of likely N-dealkylation sites (N-methyl/N-ethyl adjacent to an activating group) is 1. The highest BCUT2D eigenvalue weighted by atomic mass is 79.9. The first-order valence-electron chi connectivity index (χ1n) is 6.87. The largest absolute Gasteiger partial charge is 0.481 e. The van der Waals surface area contributed by atoms with Gasteiger partial charge in [0.15, 0.2) is 0 Å². The number of rotatable bonds is 5. The predicted molar refractivity (Wildman–Crippen MR) is 81.0 cm³/mol. The minimum atomic E-state index is -0.911. The number of carbonyl (C=O) groups excluding carboxylic acids is 1. The van der Waals surface area contributed by atoms with Gasteiger partial charge < -0.3 is 14.7 Å². The number of aliphatic carboxylic acids is 1. The topological polar surface area (TPSA) is 66.8 Å². The molecular weight excluding hydrogens is 338 g/mol. The van der Waals surface area contributed by atoms with E-state index in [1.54, 1.807) is 4.90 Å². The number of nitrogens with zero attached hydrogens (tertiary/aromatic N) is 1. The molecule has 0 aromatic heterocycles. The molecule has 2 atom stereocenters. The maximum absolute atomic E-state index is 12.5. The van der Waals surface area contributed by atoms with Gasteiger partial charge in [-0.1, -0.05) is 28.1 Å². The molecule has 1 aliphatic rings. The number of ether oxygens (including phenoxy) is 1. The molecule has 114 valence electrons. The third kappa shape index (κ3) is 3.83. The fraction of sp³-hybridized carbons (Fsp3) is 0.467. The van der Waals surface area contributed by atoms with Crippen LogP contribution in [0.2, 0.25) is 0 Å². The quantitative estimate of drug-likeness (QED) is 0.876. The Bertz CT molecular complexity index is 534. The molecule has 1 amide bonds. The van der Waals surface area contributed by atoms with Crippen molar-refractivity contribution in [2.24, 2.45) is 5.92 Å². The van der Waals surface area contributed by atoms with E-state index < -0.39 is 11.9 Å². The van der Waals surface area contributed by atoms with E-state index in [0.717, 1.165) is 10.0 Å². The summed E-state index contributed by atoms with van der Waals surface area (Å²) in [5, 5.41) is 9.21. The first-order chi connectivity index (χ1) is 10.0. The van der Waals surface area contributed by atoms with Crippen molar-refractivity contribution in [3.05, 3.63) is 34.3 Å². The van der Waals surface area contributed by atoms with Crippen LogP contribution in [-0.2, 0) is 20.7 Å². The van der Waals surface area contributed by atoms with Crippen LogP contribution < -0.4 is 0 Å². The van der Waals surface area contributed by atoms with Gasteiger partial charge in [0.25, 0.3) is 0 Å². The van der Waals surface area contributed by atoms with Crippen molar-refractivity contribution >= 4 is 27.8 Å². The molecule has 2 rings (SSSR count). The van der Waals surface area contributed by atoms with E-state index >= 15 is 0 Å². The molecule has 6 heteroatoms. The number of benzene rings is 1. The number of carboxylic acids is 1. The van der Waals surface area contributed by atoms with Crippen molar-refractivity contribution in [1.82, 2.24) is 4.90 Å². The van der Waals surface area contributed by atoms with Crippen molar-refractivity contribution in [2.75, 3.05) is 19.8 Å². The van der Waals surface area contributed by atoms with Crippen LogP contribution in [0.1, 0.15) is 12.5 Å². The van der Waals surface area contributed by atoms with Gasteiger partial charge in [-0.05, 0) is 24.6 Å². The summed E-state index contributed by atoms with van der Waals surface area (Å²) in [7, 11) is 0. The molecule has 1 aliphatic heterocycles. The molecule has 1 aromatic rings. The van der Waals surface area contributed by atoms with Crippen LogP contribution >= 0.6 is 15.9 Å². The van der Waals surface area contributed by atoms with Crippen molar-refractivity contribution in [1.29, 1.82) is 0 Å². The van der Waals surface area contributed by atoms with Crippen molar-refractivity contribution in [3.8, 4) is 0 Å². The summed E-state index contributed by atoms with van der Waals surface area (Å²) in [5.74, 6) is -1.63. The summed E-state index contributed by atoms with van der Waals surface area (Å²) in [4.78, 5) is 25.3. The van der Waals surface area contributed by atoms with Gasteiger partial charge in [0.2, 0.25) is 5.91 Å². The fourth-order valence-corrected chi connectivity index (χ4v) is 3.05. The van der Waals surface area contributed by atoms with Crippen LogP contribution in [0, 0.1) is 5.92 Å². The number of amides is 1. The zero-order chi connectivity index (χ0) is 15.4. The summed E-state index contributed by atoms with van der Waals surface area (Å²) >= 11 is 3.38. The van der Waals surface area contributed by atoms with Gasteiger partial charge in [0, 0.05) is 11.0 Å². The van der Waals surface area contributed by atoms with E-state index in [4.69, 9.17) is 4.74 Å². The smallest absolute Gasteiger partial charge is 0.311 e. The van der Waals surface area contributed by atoms with E-state index in [0.29, 0.717) is 6.54 Å². The van der Waals surface area contributed by atoms with Crippen LogP contribution in [0.3, 0.4) is 0 Å². The molecule has 1 heterocycles. The minimum absolute atomic E-state index is 0.0719. The van der Waals surface area contributed by atoms with E-state index in [2.05, 4.69) is 15.9 Å². The Labute approximate surface area is 132 Å².